The summed E-state index contributed by atoms with van der Waals surface area (Å²) in [6.45, 7) is 7.44. The average molecular weight is 227 g/mol. The lowest BCUT2D eigenvalue weighted by atomic mass is 9.98. The van der Waals surface area contributed by atoms with Crippen LogP contribution < -0.4 is 0 Å². The monoisotopic (exact) mass is 227 g/mol. The number of rotatable bonds is 1. The number of nitrogens with zero attached hydrogens (tertiary/aromatic N) is 1. The van der Waals surface area contributed by atoms with Crippen LogP contribution in [0.4, 0.5) is 4.79 Å². The van der Waals surface area contributed by atoms with Crippen molar-refractivity contribution >= 4 is 12.4 Å². The van der Waals surface area contributed by atoms with Crippen molar-refractivity contribution in [3.05, 3.63) is 0 Å². The average Bonchev–Trinajstić information content (AvgIpc) is 2.14. The van der Waals surface area contributed by atoms with Crippen LogP contribution in [0.5, 0.6) is 0 Å². The van der Waals surface area contributed by atoms with Crippen LogP contribution in [0.25, 0.3) is 0 Å². The van der Waals surface area contributed by atoms with Crippen LogP contribution in [0.2, 0.25) is 0 Å². The third-order valence-corrected chi connectivity index (χ3v) is 2.72. The van der Waals surface area contributed by atoms with E-state index in [1.807, 2.05) is 27.7 Å². The molecule has 1 saturated heterocycles. The molecular formula is C12H21NO3. The zero-order valence-electron chi connectivity index (χ0n) is 10.5. The zero-order chi connectivity index (χ0) is 12.3. The summed E-state index contributed by atoms with van der Waals surface area (Å²) in [4.78, 5) is 24.4. The van der Waals surface area contributed by atoms with Crippen molar-refractivity contribution in [3.63, 3.8) is 0 Å². The lowest BCUT2D eigenvalue weighted by Crippen LogP contribution is -2.51. The Morgan fingerprint density at radius 1 is 1.38 bits per heavy atom. The summed E-state index contributed by atoms with van der Waals surface area (Å²) in [7, 11) is 0. The van der Waals surface area contributed by atoms with E-state index >= 15 is 0 Å². The fourth-order valence-electron chi connectivity index (χ4n) is 1.99. The first-order chi connectivity index (χ1) is 7.35. The van der Waals surface area contributed by atoms with Gasteiger partial charge in [0.05, 0.1) is 6.04 Å². The first kappa shape index (κ1) is 13.0. The minimum absolute atomic E-state index is 0.0822. The molecular weight excluding hydrogens is 206 g/mol. The fourth-order valence-corrected chi connectivity index (χ4v) is 1.99. The number of amides is 1. The largest absolute Gasteiger partial charge is 0.444 e. The van der Waals surface area contributed by atoms with Crippen LogP contribution in [0.1, 0.15) is 47.0 Å². The van der Waals surface area contributed by atoms with Crippen molar-refractivity contribution in [3.8, 4) is 0 Å². The zero-order valence-corrected chi connectivity index (χ0v) is 10.5. The summed E-state index contributed by atoms with van der Waals surface area (Å²) in [5, 5.41) is 0. The Balaban J connectivity index is 2.73. The quantitative estimate of drug-likeness (QED) is 0.646. The molecule has 0 spiro atoms. The highest BCUT2D eigenvalue weighted by molar-refractivity contribution is 5.74. The van der Waals surface area contributed by atoms with Crippen molar-refractivity contribution in [1.29, 1.82) is 0 Å². The molecule has 0 aliphatic carbocycles. The third kappa shape index (κ3) is 3.22. The summed E-state index contributed by atoms with van der Waals surface area (Å²) >= 11 is 0. The molecule has 0 N–H and O–H groups in total. The Kier molecular flexibility index (Phi) is 3.94. The van der Waals surface area contributed by atoms with Gasteiger partial charge >= 0.3 is 6.09 Å². The maximum Gasteiger partial charge on any atom is 0.411 e. The van der Waals surface area contributed by atoms with Crippen molar-refractivity contribution in [1.82, 2.24) is 4.90 Å². The number of ether oxygens (including phenoxy) is 1. The number of carbonyl (C=O) groups is 2. The predicted molar refractivity (Wildman–Crippen MR) is 61.2 cm³/mol. The Morgan fingerprint density at radius 2 is 2.00 bits per heavy atom. The van der Waals surface area contributed by atoms with Gasteiger partial charge in [0.1, 0.15) is 11.9 Å². The predicted octanol–water partition coefficient (Wildman–Crippen LogP) is 2.36. The smallest absolute Gasteiger partial charge is 0.411 e. The molecule has 0 aromatic rings. The van der Waals surface area contributed by atoms with E-state index in [0.717, 1.165) is 25.5 Å². The first-order valence-electron chi connectivity index (χ1n) is 5.82. The molecule has 16 heavy (non-hydrogen) atoms. The number of likely N-dealkylation sites (tertiary alicyclic amines) is 1. The van der Waals surface area contributed by atoms with Gasteiger partial charge in [-0.15, -0.1) is 0 Å². The Bertz CT molecular complexity index is 270. The van der Waals surface area contributed by atoms with E-state index in [-0.39, 0.29) is 18.2 Å². The van der Waals surface area contributed by atoms with Crippen LogP contribution >= 0.6 is 0 Å². The second-order valence-corrected chi connectivity index (χ2v) is 5.37. The molecule has 1 heterocycles. The van der Waals surface area contributed by atoms with E-state index in [1.165, 1.54) is 0 Å². The molecule has 0 radical (unpaired) electrons. The van der Waals surface area contributed by atoms with Crippen molar-refractivity contribution < 1.29 is 14.3 Å². The molecule has 1 aliphatic rings. The summed E-state index contributed by atoms with van der Waals surface area (Å²) in [5.41, 5.74) is -0.512. The molecule has 4 nitrogen and oxygen atoms in total. The van der Waals surface area contributed by atoms with E-state index in [9.17, 15) is 9.59 Å². The number of hydrogen-bond acceptors (Lipinski definition) is 3. The van der Waals surface area contributed by atoms with Crippen molar-refractivity contribution in [2.45, 2.75) is 64.6 Å². The van der Waals surface area contributed by atoms with E-state index in [2.05, 4.69) is 0 Å². The molecule has 0 unspecified atom stereocenters. The molecule has 1 aliphatic heterocycles. The SMILES string of the molecule is C[C@H]1CCC[C@@H](C=O)N1C(=O)OC(C)(C)C. The molecule has 1 amide bonds. The first-order valence-corrected chi connectivity index (χ1v) is 5.82. The van der Waals surface area contributed by atoms with Crippen LogP contribution in [0.3, 0.4) is 0 Å². The Hall–Kier alpha value is -1.06. The number of hydrogen-bond donors (Lipinski definition) is 0. The van der Waals surface area contributed by atoms with Gasteiger partial charge in [0.25, 0.3) is 0 Å². The molecule has 0 aromatic carbocycles. The van der Waals surface area contributed by atoms with E-state index in [1.54, 1.807) is 4.90 Å². The van der Waals surface area contributed by atoms with Gasteiger partial charge < -0.3 is 9.53 Å². The number of carbonyl (C=O) groups excluding carboxylic acids is 2. The molecule has 1 fully saturated rings. The van der Waals surface area contributed by atoms with E-state index in [0.29, 0.717) is 0 Å². The van der Waals surface area contributed by atoms with Crippen LogP contribution in [-0.2, 0) is 9.53 Å². The van der Waals surface area contributed by atoms with Crippen molar-refractivity contribution in [2.75, 3.05) is 0 Å². The van der Waals surface area contributed by atoms with Gasteiger partial charge in [-0.05, 0) is 47.0 Å². The number of aldehydes is 1. The second-order valence-electron chi connectivity index (χ2n) is 5.37. The van der Waals surface area contributed by atoms with Crippen LogP contribution in [-0.4, -0.2) is 35.0 Å². The fraction of sp³-hybridized carbons (Fsp3) is 0.833. The van der Waals surface area contributed by atoms with Gasteiger partial charge in [-0.2, -0.15) is 0 Å². The molecule has 2 atom stereocenters. The van der Waals surface area contributed by atoms with Gasteiger partial charge in [-0.25, -0.2) is 4.79 Å². The van der Waals surface area contributed by atoms with Gasteiger partial charge in [0, 0.05) is 6.04 Å². The summed E-state index contributed by atoms with van der Waals surface area (Å²) in [5.74, 6) is 0. The summed E-state index contributed by atoms with van der Waals surface area (Å²) < 4.78 is 5.31. The van der Waals surface area contributed by atoms with Crippen LogP contribution in [0.15, 0.2) is 0 Å². The minimum atomic E-state index is -0.512. The molecule has 1 rings (SSSR count). The molecule has 4 heteroatoms. The normalized spacial score (nSPS) is 26.4. The Morgan fingerprint density at radius 3 is 2.50 bits per heavy atom. The number of piperidine rings is 1. The van der Waals surface area contributed by atoms with E-state index in [4.69, 9.17) is 4.74 Å². The summed E-state index contributed by atoms with van der Waals surface area (Å²) in [6, 6.07) is -0.239. The standard InChI is InChI=1S/C12H21NO3/c1-9-6-5-7-10(8-14)13(9)11(15)16-12(2,3)4/h8-10H,5-7H2,1-4H3/t9-,10-/m0/s1. The minimum Gasteiger partial charge on any atom is -0.444 e. The molecule has 92 valence electrons. The molecule has 0 bridgehead atoms. The van der Waals surface area contributed by atoms with Gasteiger partial charge in [-0.3, -0.25) is 4.90 Å². The second kappa shape index (κ2) is 4.85. The highest BCUT2D eigenvalue weighted by Crippen LogP contribution is 2.24. The van der Waals surface area contributed by atoms with Gasteiger partial charge in [-0.1, -0.05) is 0 Å². The van der Waals surface area contributed by atoms with E-state index < -0.39 is 5.60 Å². The maximum absolute atomic E-state index is 11.9. The van der Waals surface area contributed by atoms with Crippen LogP contribution in [0, 0.1) is 0 Å². The molecule has 0 aromatic heterocycles. The molecule has 0 saturated carbocycles. The maximum atomic E-state index is 11.9. The third-order valence-electron chi connectivity index (χ3n) is 2.72. The topological polar surface area (TPSA) is 46.6 Å². The summed E-state index contributed by atoms with van der Waals surface area (Å²) in [6.07, 6.45) is 3.14. The van der Waals surface area contributed by atoms with Crippen molar-refractivity contribution in [2.24, 2.45) is 0 Å². The highest BCUT2D eigenvalue weighted by Gasteiger charge is 2.34. The van der Waals surface area contributed by atoms with Gasteiger partial charge in [0.2, 0.25) is 0 Å². The van der Waals surface area contributed by atoms with Gasteiger partial charge in [0.15, 0.2) is 0 Å². The Labute approximate surface area is 96.9 Å². The highest BCUT2D eigenvalue weighted by atomic mass is 16.6. The lowest BCUT2D eigenvalue weighted by Gasteiger charge is -2.38. The lowest BCUT2D eigenvalue weighted by molar-refractivity contribution is -0.114.